The summed E-state index contributed by atoms with van der Waals surface area (Å²) in [6, 6.07) is 5.27. The van der Waals surface area contributed by atoms with Gasteiger partial charge in [-0.2, -0.15) is 0 Å². The van der Waals surface area contributed by atoms with Gasteiger partial charge in [0.05, 0.1) is 5.92 Å². The molecule has 0 saturated carbocycles. The number of aliphatic carboxylic acids is 1. The molecule has 1 aromatic carbocycles. The Labute approximate surface area is 116 Å². The summed E-state index contributed by atoms with van der Waals surface area (Å²) in [6.07, 6.45) is 0. The van der Waals surface area contributed by atoms with Crippen molar-refractivity contribution in [1.82, 2.24) is 4.90 Å². The number of likely N-dealkylation sites (tertiary alicyclic amines) is 1. The Morgan fingerprint density at radius 1 is 1.44 bits per heavy atom. The van der Waals surface area contributed by atoms with Crippen LogP contribution < -0.4 is 0 Å². The molecule has 0 aromatic heterocycles. The molecule has 0 bridgehead atoms. The Morgan fingerprint density at radius 2 is 2.17 bits per heavy atom. The van der Waals surface area contributed by atoms with Crippen LogP contribution in [0.5, 0.6) is 0 Å². The van der Waals surface area contributed by atoms with Crippen LogP contribution >= 0.6 is 23.2 Å². The van der Waals surface area contributed by atoms with Crippen LogP contribution in [0.2, 0.25) is 10.0 Å². The Morgan fingerprint density at radius 3 is 2.72 bits per heavy atom. The summed E-state index contributed by atoms with van der Waals surface area (Å²) in [5, 5.41) is 10.4. The van der Waals surface area contributed by atoms with Crippen LogP contribution in [0.1, 0.15) is 18.4 Å². The van der Waals surface area contributed by atoms with Gasteiger partial charge >= 0.3 is 5.97 Å². The highest BCUT2D eigenvalue weighted by Gasteiger charge is 2.38. The van der Waals surface area contributed by atoms with Crippen LogP contribution in [0.25, 0.3) is 0 Å². The van der Waals surface area contributed by atoms with Gasteiger partial charge in [0.15, 0.2) is 0 Å². The molecule has 0 aliphatic carbocycles. The van der Waals surface area contributed by atoms with E-state index in [1.165, 1.54) is 0 Å². The van der Waals surface area contributed by atoms with Gasteiger partial charge < -0.3 is 10.0 Å². The van der Waals surface area contributed by atoms with Crippen molar-refractivity contribution in [2.45, 2.75) is 12.8 Å². The van der Waals surface area contributed by atoms with E-state index in [0.29, 0.717) is 16.6 Å². The second-order valence-electron chi connectivity index (χ2n) is 4.57. The lowest BCUT2D eigenvalue weighted by Gasteiger charge is -2.16. The van der Waals surface area contributed by atoms with Gasteiger partial charge in [-0.3, -0.25) is 4.79 Å². The number of carbonyl (C=O) groups is 1. The van der Waals surface area contributed by atoms with Crippen LogP contribution in [0, 0.1) is 5.92 Å². The molecular formula is C13H15Cl2NO2. The van der Waals surface area contributed by atoms with E-state index in [9.17, 15) is 9.90 Å². The number of hydrogen-bond acceptors (Lipinski definition) is 2. The van der Waals surface area contributed by atoms with Gasteiger partial charge in [-0.25, -0.2) is 0 Å². The van der Waals surface area contributed by atoms with Crippen molar-refractivity contribution in [3.63, 3.8) is 0 Å². The zero-order chi connectivity index (χ0) is 13.3. The highest BCUT2D eigenvalue weighted by molar-refractivity contribution is 6.35. The van der Waals surface area contributed by atoms with Gasteiger partial charge in [-0.15, -0.1) is 0 Å². The van der Waals surface area contributed by atoms with Crippen LogP contribution in [-0.4, -0.2) is 35.6 Å². The maximum atomic E-state index is 11.3. The molecule has 0 radical (unpaired) electrons. The monoisotopic (exact) mass is 287 g/mol. The Hall–Kier alpha value is -0.770. The van der Waals surface area contributed by atoms with Crippen molar-refractivity contribution >= 4 is 29.2 Å². The van der Waals surface area contributed by atoms with E-state index in [0.717, 1.165) is 18.7 Å². The first-order chi connectivity index (χ1) is 8.52. The lowest BCUT2D eigenvalue weighted by molar-refractivity contribution is -0.141. The molecule has 1 saturated heterocycles. The van der Waals surface area contributed by atoms with Gasteiger partial charge in [0.25, 0.3) is 0 Å². The predicted octanol–water partition coefficient (Wildman–Crippen LogP) is 3.11. The molecule has 1 fully saturated rings. The standard InChI is InChI=1S/C13H15Cl2NO2/c1-2-16-6-10(11(7-16)13(17)18)9-4-3-8(14)5-12(9)15/h3-5,10-11H,2,6-7H2,1H3,(H,17,18). The van der Waals surface area contributed by atoms with Crippen molar-refractivity contribution in [1.29, 1.82) is 0 Å². The van der Waals surface area contributed by atoms with Gasteiger partial charge in [0.1, 0.15) is 0 Å². The largest absolute Gasteiger partial charge is 0.481 e. The van der Waals surface area contributed by atoms with E-state index in [1.54, 1.807) is 12.1 Å². The second-order valence-corrected chi connectivity index (χ2v) is 5.41. The molecule has 2 rings (SSSR count). The first kappa shape index (κ1) is 13.7. The second kappa shape index (κ2) is 5.47. The van der Waals surface area contributed by atoms with E-state index < -0.39 is 11.9 Å². The van der Waals surface area contributed by atoms with Crippen LogP contribution in [0.4, 0.5) is 0 Å². The van der Waals surface area contributed by atoms with Crippen molar-refractivity contribution < 1.29 is 9.90 Å². The number of nitrogens with zero attached hydrogens (tertiary/aromatic N) is 1. The van der Waals surface area contributed by atoms with E-state index in [4.69, 9.17) is 23.2 Å². The van der Waals surface area contributed by atoms with Crippen molar-refractivity contribution in [2.75, 3.05) is 19.6 Å². The molecule has 1 heterocycles. The van der Waals surface area contributed by atoms with Crippen LogP contribution in [0.3, 0.4) is 0 Å². The molecule has 3 nitrogen and oxygen atoms in total. The van der Waals surface area contributed by atoms with E-state index in [-0.39, 0.29) is 5.92 Å². The minimum absolute atomic E-state index is 0.0628. The molecular weight excluding hydrogens is 273 g/mol. The fourth-order valence-corrected chi connectivity index (χ4v) is 3.06. The molecule has 1 N–H and O–H groups in total. The molecule has 2 unspecified atom stereocenters. The highest BCUT2D eigenvalue weighted by atomic mass is 35.5. The summed E-state index contributed by atoms with van der Waals surface area (Å²) in [5.74, 6) is -1.22. The molecule has 1 aromatic rings. The van der Waals surface area contributed by atoms with Gasteiger partial charge in [-0.05, 0) is 24.2 Å². The Balaban J connectivity index is 2.32. The summed E-state index contributed by atoms with van der Waals surface area (Å²) in [7, 11) is 0. The minimum atomic E-state index is -0.762. The molecule has 1 aliphatic rings. The van der Waals surface area contributed by atoms with E-state index >= 15 is 0 Å². The smallest absolute Gasteiger partial charge is 0.308 e. The molecule has 0 spiro atoms. The number of hydrogen-bond donors (Lipinski definition) is 1. The first-order valence-electron chi connectivity index (χ1n) is 5.93. The van der Waals surface area contributed by atoms with Crippen LogP contribution in [-0.2, 0) is 4.79 Å². The lowest BCUT2D eigenvalue weighted by Crippen LogP contribution is -2.23. The minimum Gasteiger partial charge on any atom is -0.481 e. The number of carboxylic acid groups (broad SMARTS) is 1. The lowest BCUT2D eigenvalue weighted by atomic mass is 9.89. The summed E-state index contributed by atoms with van der Waals surface area (Å²) < 4.78 is 0. The van der Waals surface area contributed by atoms with Gasteiger partial charge in [0.2, 0.25) is 0 Å². The molecule has 0 amide bonds. The van der Waals surface area contributed by atoms with Crippen molar-refractivity contribution in [3.05, 3.63) is 33.8 Å². The topological polar surface area (TPSA) is 40.5 Å². The van der Waals surface area contributed by atoms with E-state index in [2.05, 4.69) is 4.90 Å². The fourth-order valence-electron chi connectivity index (χ4n) is 2.51. The maximum Gasteiger partial charge on any atom is 0.308 e. The summed E-state index contributed by atoms with van der Waals surface area (Å²) in [5.41, 5.74) is 0.879. The number of rotatable bonds is 3. The third-order valence-electron chi connectivity index (χ3n) is 3.52. The molecule has 98 valence electrons. The highest BCUT2D eigenvalue weighted by Crippen LogP contribution is 2.37. The van der Waals surface area contributed by atoms with Crippen molar-refractivity contribution in [2.24, 2.45) is 5.92 Å². The Bertz CT molecular complexity index is 464. The fraction of sp³-hybridized carbons (Fsp3) is 0.462. The maximum absolute atomic E-state index is 11.3. The van der Waals surface area contributed by atoms with Gasteiger partial charge in [-0.1, -0.05) is 36.2 Å². The quantitative estimate of drug-likeness (QED) is 0.929. The normalized spacial score (nSPS) is 24.4. The van der Waals surface area contributed by atoms with Crippen LogP contribution in [0.15, 0.2) is 18.2 Å². The SMILES string of the molecule is CCN1CC(C(=O)O)C(c2ccc(Cl)cc2Cl)C1. The Kier molecular flexibility index (Phi) is 4.15. The molecule has 5 heteroatoms. The number of carboxylic acids is 1. The third kappa shape index (κ3) is 2.63. The molecule has 1 aliphatic heterocycles. The average molecular weight is 288 g/mol. The van der Waals surface area contributed by atoms with Crippen molar-refractivity contribution in [3.8, 4) is 0 Å². The average Bonchev–Trinajstić information content (AvgIpc) is 2.73. The summed E-state index contributed by atoms with van der Waals surface area (Å²) in [4.78, 5) is 13.5. The van der Waals surface area contributed by atoms with E-state index in [1.807, 2.05) is 13.0 Å². The third-order valence-corrected chi connectivity index (χ3v) is 4.08. The summed E-state index contributed by atoms with van der Waals surface area (Å²) >= 11 is 12.0. The first-order valence-corrected chi connectivity index (χ1v) is 6.68. The molecule has 2 atom stereocenters. The number of benzene rings is 1. The summed E-state index contributed by atoms with van der Waals surface area (Å²) in [6.45, 7) is 4.19. The predicted molar refractivity (Wildman–Crippen MR) is 72.4 cm³/mol. The number of likely N-dealkylation sites (N-methyl/N-ethyl adjacent to an activating group) is 1. The zero-order valence-corrected chi connectivity index (χ0v) is 11.6. The van der Waals surface area contributed by atoms with Gasteiger partial charge in [0, 0.05) is 29.1 Å². The molecule has 18 heavy (non-hydrogen) atoms. The zero-order valence-electron chi connectivity index (χ0n) is 10.1. The number of halogens is 2.